The van der Waals surface area contributed by atoms with E-state index in [1.807, 2.05) is 31.2 Å². The number of fused-ring (bicyclic) bond motifs is 1. The van der Waals surface area contributed by atoms with Crippen molar-refractivity contribution in [3.05, 3.63) is 107 Å². The first kappa shape index (κ1) is 18.2. The molecule has 0 saturated carbocycles. The molecule has 0 fully saturated rings. The summed E-state index contributed by atoms with van der Waals surface area (Å²) in [5, 5.41) is 7.27. The zero-order valence-corrected chi connectivity index (χ0v) is 16.1. The van der Waals surface area contributed by atoms with Gasteiger partial charge in [-0.1, -0.05) is 42.0 Å². The Morgan fingerprint density at radius 2 is 1.67 bits per heavy atom. The molecule has 1 unspecified atom stereocenters. The summed E-state index contributed by atoms with van der Waals surface area (Å²) in [5.74, 6) is -1.09. The van der Waals surface area contributed by atoms with Crippen molar-refractivity contribution in [2.75, 3.05) is 4.90 Å². The molecule has 1 amide bonds. The standard InChI is InChI=1S/C24H17F2N3O/c1-14-5-7-15(8-6-14)21-20-22(28-27-21)24(30)29(19-11-9-17(25)10-12-19)23(20)16-3-2-4-18(26)13-16/h2-13,23H,1H3,(H,27,28). The topological polar surface area (TPSA) is 49.0 Å². The molecule has 30 heavy (non-hydrogen) atoms. The van der Waals surface area contributed by atoms with E-state index in [9.17, 15) is 13.6 Å². The van der Waals surface area contributed by atoms with Crippen LogP contribution in [0.2, 0.25) is 0 Å². The zero-order valence-electron chi connectivity index (χ0n) is 16.1. The number of nitrogens with zero attached hydrogens (tertiary/aromatic N) is 2. The van der Waals surface area contributed by atoms with Crippen LogP contribution >= 0.6 is 0 Å². The molecule has 0 aliphatic carbocycles. The van der Waals surface area contributed by atoms with Gasteiger partial charge in [0, 0.05) is 16.8 Å². The van der Waals surface area contributed by atoms with Gasteiger partial charge in [-0.2, -0.15) is 5.10 Å². The van der Waals surface area contributed by atoms with Crippen LogP contribution in [0.3, 0.4) is 0 Å². The maximum Gasteiger partial charge on any atom is 0.277 e. The Morgan fingerprint density at radius 3 is 2.37 bits per heavy atom. The second-order valence-electron chi connectivity index (χ2n) is 7.34. The van der Waals surface area contributed by atoms with Crippen LogP contribution in [0.4, 0.5) is 14.5 Å². The fourth-order valence-corrected chi connectivity index (χ4v) is 3.94. The van der Waals surface area contributed by atoms with E-state index in [4.69, 9.17) is 0 Å². The maximum absolute atomic E-state index is 14.1. The lowest BCUT2D eigenvalue weighted by molar-refractivity contribution is 0.0988. The maximum atomic E-state index is 14.1. The van der Waals surface area contributed by atoms with E-state index in [1.165, 1.54) is 24.3 Å². The van der Waals surface area contributed by atoms with Crippen molar-refractivity contribution < 1.29 is 13.6 Å². The van der Waals surface area contributed by atoms with Crippen LogP contribution in [0.5, 0.6) is 0 Å². The third kappa shape index (κ3) is 2.88. The van der Waals surface area contributed by atoms with Gasteiger partial charge in [0.2, 0.25) is 0 Å². The number of carbonyl (C=O) groups is 1. The number of halogens is 2. The number of rotatable bonds is 3. The van der Waals surface area contributed by atoms with Gasteiger partial charge in [0.25, 0.3) is 5.91 Å². The van der Waals surface area contributed by atoms with Crippen LogP contribution in [0.1, 0.15) is 33.2 Å². The second kappa shape index (κ2) is 6.91. The quantitative estimate of drug-likeness (QED) is 0.499. The molecule has 1 aromatic heterocycles. The SMILES string of the molecule is Cc1ccc(-c2n[nH]c3c2C(c2cccc(F)c2)N(c2ccc(F)cc2)C3=O)cc1. The molecule has 1 aliphatic heterocycles. The number of aromatic amines is 1. The molecule has 0 radical (unpaired) electrons. The van der Waals surface area contributed by atoms with Crippen LogP contribution in [0.25, 0.3) is 11.3 Å². The smallest absolute Gasteiger partial charge is 0.277 e. The van der Waals surface area contributed by atoms with E-state index in [2.05, 4.69) is 10.2 Å². The highest BCUT2D eigenvalue weighted by Crippen LogP contribution is 2.45. The Morgan fingerprint density at radius 1 is 0.933 bits per heavy atom. The first-order valence-corrected chi connectivity index (χ1v) is 9.53. The monoisotopic (exact) mass is 401 g/mol. The normalized spacial score (nSPS) is 15.5. The Kier molecular flexibility index (Phi) is 4.20. The summed E-state index contributed by atoms with van der Waals surface area (Å²) in [6, 6.07) is 19.1. The minimum absolute atomic E-state index is 0.295. The summed E-state index contributed by atoms with van der Waals surface area (Å²) in [5.41, 5.74) is 4.77. The molecule has 1 aliphatic rings. The highest BCUT2D eigenvalue weighted by Gasteiger charge is 2.43. The number of nitrogens with one attached hydrogen (secondary N) is 1. The summed E-state index contributed by atoms with van der Waals surface area (Å²) < 4.78 is 27.6. The molecule has 1 atom stereocenters. The van der Waals surface area contributed by atoms with E-state index in [1.54, 1.807) is 29.2 Å². The Bertz CT molecular complexity index is 1250. The van der Waals surface area contributed by atoms with Crippen molar-refractivity contribution in [1.82, 2.24) is 10.2 Å². The highest BCUT2D eigenvalue weighted by molar-refractivity contribution is 6.11. The van der Waals surface area contributed by atoms with Gasteiger partial charge >= 0.3 is 0 Å². The Labute approximate surface area is 171 Å². The molecule has 4 aromatic rings. The first-order chi connectivity index (χ1) is 14.5. The number of anilines is 1. The predicted molar refractivity (Wildman–Crippen MR) is 110 cm³/mol. The fourth-order valence-electron chi connectivity index (χ4n) is 3.94. The first-order valence-electron chi connectivity index (χ1n) is 9.53. The average molecular weight is 401 g/mol. The van der Waals surface area contributed by atoms with E-state index in [0.29, 0.717) is 28.2 Å². The Balaban J connectivity index is 1.72. The number of aryl methyl sites for hydroxylation is 1. The largest absolute Gasteiger partial charge is 0.295 e. The lowest BCUT2D eigenvalue weighted by Gasteiger charge is -2.26. The average Bonchev–Trinajstić information content (AvgIpc) is 3.28. The minimum atomic E-state index is -0.594. The van der Waals surface area contributed by atoms with Gasteiger partial charge in [-0.15, -0.1) is 0 Å². The van der Waals surface area contributed by atoms with Crippen molar-refractivity contribution in [3.63, 3.8) is 0 Å². The van der Waals surface area contributed by atoms with Gasteiger partial charge < -0.3 is 0 Å². The van der Waals surface area contributed by atoms with Gasteiger partial charge in [-0.05, 0) is 48.9 Å². The van der Waals surface area contributed by atoms with Crippen molar-refractivity contribution >= 4 is 11.6 Å². The number of hydrogen-bond donors (Lipinski definition) is 1. The van der Waals surface area contributed by atoms with E-state index < -0.39 is 17.7 Å². The summed E-state index contributed by atoms with van der Waals surface area (Å²) >= 11 is 0. The number of carbonyl (C=O) groups excluding carboxylic acids is 1. The molecular formula is C24H17F2N3O. The highest BCUT2D eigenvalue weighted by atomic mass is 19.1. The van der Waals surface area contributed by atoms with Gasteiger partial charge in [0.05, 0.1) is 11.7 Å². The molecule has 0 spiro atoms. The molecule has 5 rings (SSSR count). The summed E-state index contributed by atoms with van der Waals surface area (Å²) in [7, 11) is 0. The fraction of sp³-hybridized carbons (Fsp3) is 0.0833. The van der Waals surface area contributed by atoms with E-state index in [0.717, 1.165) is 11.1 Å². The van der Waals surface area contributed by atoms with Crippen LogP contribution in [-0.4, -0.2) is 16.1 Å². The van der Waals surface area contributed by atoms with E-state index >= 15 is 0 Å². The van der Waals surface area contributed by atoms with Crippen LogP contribution in [-0.2, 0) is 0 Å². The molecule has 4 nitrogen and oxygen atoms in total. The molecule has 1 N–H and O–H groups in total. The molecule has 2 heterocycles. The van der Waals surface area contributed by atoms with Crippen LogP contribution in [0.15, 0.2) is 72.8 Å². The third-order valence-corrected chi connectivity index (χ3v) is 5.36. The van der Waals surface area contributed by atoms with Crippen molar-refractivity contribution in [2.24, 2.45) is 0 Å². The second-order valence-corrected chi connectivity index (χ2v) is 7.34. The number of aromatic nitrogens is 2. The van der Waals surface area contributed by atoms with Crippen LogP contribution in [0, 0.1) is 18.6 Å². The van der Waals surface area contributed by atoms with E-state index in [-0.39, 0.29) is 5.91 Å². The van der Waals surface area contributed by atoms with Crippen LogP contribution < -0.4 is 4.90 Å². The summed E-state index contributed by atoms with van der Waals surface area (Å²) in [4.78, 5) is 14.9. The van der Waals surface area contributed by atoms with Crippen molar-refractivity contribution in [1.29, 1.82) is 0 Å². The number of benzene rings is 3. The lowest BCUT2D eigenvalue weighted by Crippen LogP contribution is -2.29. The third-order valence-electron chi connectivity index (χ3n) is 5.36. The predicted octanol–water partition coefficient (Wildman–Crippen LogP) is 5.41. The number of hydrogen-bond acceptors (Lipinski definition) is 2. The number of amides is 1. The van der Waals surface area contributed by atoms with Crippen molar-refractivity contribution in [2.45, 2.75) is 13.0 Å². The Hall–Kier alpha value is -3.80. The zero-order chi connectivity index (χ0) is 20.8. The molecule has 6 heteroatoms. The summed E-state index contributed by atoms with van der Waals surface area (Å²) in [6.07, 6.45) is 0. The molecule has 0 bridgehead atoms. The van der Waals surface area contributed by atoms with Gasteiger partial charge in [-0.25, -0.2) is 8.78 Å². The van der Waals surface area contributed by atoms with Gasteiger partial charge in [-0.3, -0.25) is 14.8 Å². The van der Waals surface area contributed by atoms with Crippen molar-refractivity contribution in [3.8, 4) is 11.3 Å². The summed E-state index contributed by atoms with van der Waals surface area (Å²) in [6.45, 7) is 1.99. The van der Waals surface area contributed by atoms with Gasteiger partial charge in [0.15, 0.2) is 0 Å². The molecule has 0 saturated heterocycles. The molecule has 3 aromatic carbocycles. The number of H-pyrrole nitrogens is 1. The lowest BCUT2D eigenvalue weighted by atomic mass is 9.95. The molecule has 148 valence electrons. The molecular weight excluding hydrogens is 384 g/mol. The minimum Gasteiger partial charge on any atom is -0.295 e. The van der Waals surface area contributed by atoms with Gasteiger partial charge in [0.1, 0.15) is 17.3 Å².